The first-order valence-corrected chi connectivity index (χ1v) is 6.70. The fourth-order valence-electron chi connectivity index (χ4n) is 2.58. The third kappa shape index (κ3) is 2.76. The molecule has 1 unspecified atom stereocenters. The molecule has 1 aromatic heterocycles. The molecular weight excluding hydrogens is 240 g/mol. The Labute approximate surface area is 111 Å². The molecule has 1 atom stereocenters. The molecule has 0 spiro atoms. The number of fused-ring (bicyclic) bond motifs is 1. The Morgan fingerprint density at radius 3 is 3.21 bits per heavy atom. The van der Waals surface area contributed by atoms with Crippen LogP contribution < -0.4 is 10.6 Å². The minimum Gasteiger partial charge on any atom is -0.342 e. The van der Waals surface area contributed by atoms with Gasteiger partial charge in [-0.3, -0.25) is 4.79 Å². The third-order valence-corrected chi connectivity index (χ3v) is 3.48. The van der Waals surface area contributed by atoms with E-state index in [1.54, 1.807) is 0 Å². The molecule has 1 fully saturated rings. The Morgan fingerprint density at radius 1 is 1.53 bits per heavy atom. The number of aromatic amines is 1. The van der Waals surface area contributed by atoms with E-state index in [0.29, 0.717) is 12.5 Å². The maximum Gasteiger partial charge on any atom is 0.225 e. The first-order chi connectivity index (χ1) is 9.20. The van der Waals surface area contributed by atoms with Crippen LogP contribution in [0.15, 0.2) is 18.2 Å². The predicted molar refractivity (Wildman–Crippen MR) is 75.1 cm³/mol. The Bertz CT molecular complexity index is 599. The van der Waals surface area contributed by atoms with Gasteiger partial charge in [0.05, 0.1) is 11.0 Å². The molecule has 0 radical (unpaired) electrons. The van der Waals surface area contributed by atoms with E-state index in [1.165, 1.54) is 0 Å². The predicted octanol–water partition coefficient (Wildman–Crippen LogP) is 1.95. The van der Waals surface area contributed by atoms with Gasteiger partial charge in [0.15, 0.2) is 0 Å². The van der Waals surface area contributed by atoms with Crippen molar-refractivity contribution in [2.75, 3.05) is 11.9 Å². The van der Waals surface area contributed by atoms with E-state index in [2.05, 4.69) is 20.6 Å². The number of H-pyrrole nitrogens is 1. The average Bonchev–Trinajstić information content (AvgIpc) is 2.96. The summed E-state index contributed by atoms with van der Waals surface area (Å²) in [6.45, 7) is 2.95. The van der Waals surface area contributed by atoms with Crippen LogP contribution in [0.25, 0.3) is 11.0 Å². The van der Waals surface area contributed by atoms with Crippen LogP contribution >= 0.6 is 0 Å². The van der Waals surface area contributed by atoms with Gasteiger partial charge in [-0.05, 0) is 44.5 Å². The summed E-state index contributed by atoms with van der Waals surface area (Å²) in [7, 11) is 0. The van der Waals surface area contributed by atoms with Gasteiger partial charge in [0.1, 0.15) is 5.82 Å². The van der Waals surface area contributed by atoms with Crippen LogP contribution in [0.5, 0.6) is 0 Å². The highest BCUT2D eigenvalue weighted by Gasteiger charge is 2.17. The van der Waals surface area contributed by atoms with E-state index in [-0.39, 0.29) is 5.91 Å². The van der Waals surface area contributed by atoms with Crippen LogP contribution in [0, 0.1) is 6.92 Å². The number of amides is 1. The van der Waals surface area contributed by atoms with Crippen molar-refractivity contribution in [3.8, 4) is 0 Å². The molecule has 100 valence electrons. The number of anilines is 1. The van der Waals surface area contributed by atoms with Gasteiger partial charge in [-0.25, -0.2) is 4.98 Å². The molecular formula is C14H18N4O. The lowest BCUT2D eigenvalue weighted by atomic mass is 10.1. The summed E-state index contributed by atoms with van der Waals surface area (Å²) in [5.41, 5.74) is 2.70. The van der Waals surface area contributed by atoms with Crippen LogP contribution in [-0.4, -0.2) is 28.5 Å². The highest BCUT2D eigenvalue weighted by molar-refractivity contribution is 5.93. The summed E-state index contributed by atoms with van der Waals surface area (Å²) in [5, 5.41) is 6.27. The number of aromatic nitrogens is 2. The quantitative estimate of drug-likeness (QED) is 0.788. The molecule has 1 aliphatic rings. The molecule has 1 aliphatic heterocycles. The molecule has 3 N–H and O–H groups in total. The standard InChI is InChI=1S/C14H18N4O/c1-9-16-12-5-4-11(7-13(12)17-9)18-14(19)8-10-3-2-6-15-10/h4-5,7,10,15H,2-3,6,8H2,1H3,(H,16,17)(H,18,19). The van der Waals surface area contributed by atoms with Crippen LogP contribution in [-0.2, 0) is 4.79 Å². The average molecular weight is 258 g/mol. The summed E-state index contributed by atoms with van der Waals surface area (Å²) in [6.07, 6.45) is 2.80. The number of imidazole rings is 1. The minimum atomic E-state index is 0.0648. The number of rotatable bonds is 3. The van der Waals surface area contributed by atoms with Gasteiger partial charge < -0.3 is 15.6 Å². The van der Waals surface area contributed by atoms with Crippen LogP contribution in [0.1, 0.15) is 25.1 Å². The third-order valence-electron chi connectivity index (χ3n) is 3.48. The Morgan fingerprint density at radius 2 is 2.42 bits per heavy atom. The number of nitrogens with zero attached hydrogens (tertiary/aromatic N) is 1. The molecule has 19 heavy (non-hydrogen) atoms. The topological polar surface area (TPSA) is 69.8 Å². The number of benzene rings is 1. The molecule has 2 aromatic rings. The maximum absolute atomic E-state index is 11.9. The summed E-state index contributed by atoms with van der Waals surface area (Å²) in [5.74, 6) is 0.948. The van der Waals surface area contributed by atoms with Gasteiger partial charge in [-0.1, -0.05) is 0 Å². The summed E-state index contributed by atoms with van der Waals surface area (Å²) < 4.78 is 0. The second-order valence-corrected chi connectivity index (χ2v) is 5.10. The zero-order chi connectivity index (χ0) is 13.2. The maximum atomic E-state index is 11.9. The van der Waals surface area contributed by atoms with Crippen molar-refractivity contribution in [3.63, 3.8) is 0 Å². The molecule has 5 heteroatoms. The molecule has 1 saturated heterocycles. The Hall–Kier alpha value is -1.88. The number of hydrogen-bond donors (Lipinski definition) is 3. The van der Waals surface area contributed by atoms with E-state index in [9.17, 15) is 4.79 Å². The van der Waals surface area contributed by atoms with Crippen molar-refractivity contribution >= 4 is 22.6 Å². The van der Waals surface area contributed by atoms with E-state index < -0.39 is 0 Å². The van der Waals surface area contributed by atoms with Gasteiger partial charge >= 0.3 is 0 Å². The Kier molecular flexibility index (Phi) is 3.21. The molecule has 5 nitrogen and oxygen atoms in total. The lowest BCUT2D eigenvalue weighted by Gasteiger charge is -2.10. The number of carbonyl (C=O) groups is 1. The van der Waals surface area contributed by atoms with Gasteiger partial charge in [0.25, 0.3) is 0 Å². The first kappa shape index (κ1) is 12.2. The lowest BCUT2D eigenvalue weighted by Crippen LogP contribution is -2.27. The molecule has 1 aromatic carbocycles. The molecule has 1 amide bonds. The first-order valence-electron chi connectivity index (χ1n) is 6.70. The van der Waals surface area contributed by atoms with Crippen molar-refractivity contribution in [1.82, 2.24) is 15.3 Å². The van der Waals surface area contributed by atoms with E-state index in [4.69, 9.17) is 0 Å². The van der Waals surface area contributed by atoms with Gasteiger partial charge in [-0.15, -0.1) is 0 Å². The molecule has 0 saturated carbocycles. The van der Waals surface area contributed by atoms with Crippen molar-refractivity contribution in [2.45, 2.75) is 32.2 Å². The molecule has 2 heterocycles. The number of hydrogen-bond acceptors (Lipinski definition) is 3. The van der Waals surface area contributed by atoms with Gasteiger partial charge in [-0.2, -0.15) is 0 Å². The fourth-order valence-corrected chi connectivity index (χ4v) is 2.58. The minimum absolute atomic E-state index is 0.0648. The molecule has 0 aliphatic carbocycles. The van der Waals surface area contributed by atoms with E-state index in [0.717, 1.165) is 41.9 Å². The second kappa shape index (κ2) is 5.01. The van der Waals surface area contributed by atoms with E-state index in [1.807, 2.05) is 25.1 Å². The van der Waals surface area contributed by atoms with Gasteiger partial charge in [0, 0.05) is 18.2 Å². The number of nitrogens with one attached hydrogen (secondary N) is 3. The van der Waals surface area contributed by atoms with E-state index >= 15 is 0 Å². The zero-order valence-corrected chi connectivity index (χ0v) is 11.0. The second-order valence-electron chi connectivity index (χ2n) is 5.10. The van der Waals surface area contributed by atoms with Gasteiger partial charge in [0.2, 0.25) is 5.91 Å². The zero-order valence-electron chi connectivity index (χ0n) is 11.0. The SMILES string of the molecule is Cc1nc2ccc(NC(=O)CC3CCCN3)cc2[nH]1. The molecule has 0 bridgehead atoms. The number of aryl methyl sites for hydroxylation is 1. The highest BCUT2D eigenvalue weighted by atomic mass is 16.1. The van der Waals surface area contributed by atoms with Crippen LogP contribution in [0.3, 0.4) is 0 Å². The van der Waals surface area contributed by atoms with Crippen molar-refractivity contribution in [2.24, 2.45) is 0 Å². The number of carbonyl (C=O) groups excluding carboxylic acids is 1. The monoisotopic (exact) mass is 258 g/mol. The molecule has 3 rings (SSSR count). The summed E-state index contributed by atoms with van der Waals surface area (Å²) >= 11 is 0. The largest absolute Gasteiger partial charge is 0.342 e. The fraction of sp³-hybridized carbons (Fsp3) is 0.429. The smallest absolute Gasteiger partial charge is 0.225 e. The highest BCUT2D eigenvalue weighted by Crippen LogP contribution is 2.18. The summed E-state index contributed by atoms with van der Waals surface area (Å²) in [4.78, 5) is 19.4. The normalized spacial score (nSPS) is 18.9. The van der Waals surface area contributed by atoms with Crippen molar-refractivity contribution in [1.29, 1.82) is 0 Å². The van der Waals surface area contributed by atoms with Crippen molar-refractivity contribution < 1.29 is 4.79 Å². The summed E-state index contributed by atoms with van der Waals surface area (Å²) in [6, 6.07) is 6.07. The van der Waals surface area contributed by atoms with Crippen molar-refractivity contribution in [3.05, 3.63) is 24.0 Å². The lowest BCUT2D eigenvalue weighted by molar-refractivity contribution is -0.116. The van der Waals surface area contributed by atoms with Crippen LogP contribution in [0.2, 0.25) is 0 Å². The van der Waals surface area contributed by atoms with Crippen LogP contribution in [0.4, 0.5) is 5.69 Å². The Balaban J connectivity index is 1.68.